The van der Waals surface area contributed by atoms with E-state index in [2.05, 4.69) is 17.4 Å². The molecule has 1 saturated heterocycles. The van der Waals surface area contributed by atoms with Gasteiger partial charge in [-0.2, -0.15) is 0 Å². The zero-order valence-electron chi connectivity index (χ0n) is 8.00. The Hall–Kier alpha value is -0.180. The molecule has 2 rings (SSSR count). The lowest BCUT2D eigenvalue weighted by Gasteiger charge is -2.22. The molecule has 0 amide bonds. The van der Waals surface area contributed by atoms with Crippen LogP contribution in [0.4, 0.5) is 0 Å². The highest BCUT2D eigenvalue weighted by atomic mass is 35.5. The Labute approximate surface area is 94.2 Å². The van der Waals surface area contributed by atoms with Crippen LogP contribution in [0.25, 0.3) is 0 Å². The number of nitrogens with one attached hydrogen (secondary N) is 1. The number of benzene rings is 1. The normalized spacial score (nSPS) is 18.4. The molecule has 0 aromatic heterocycles. The zero-order chi connectivity index (χ0) is 9.80. The third-order valence-electron chi connectivity index (χ3n) is 2.42. The molecule has 0 spiro atoms. The highest BCUT2D eigenvalue weighted by molar-refractivity contribution is 8.00. The van der Waals surface area contributed by atoms with Gasteiger partial charge < -0.3 is 5.32 Å². The molecular weight excluding hydrogens is 214 g/mol. The topological polar surface area (TPSA) is 12.0 Å². The molecule has 1 N–H and O–H groups in total. The molecule has 0 saturated carbocycles. The Bertz CT molecular complexity index is 297. The Morgan fingerprint density at radius 2 is 1.93 bits per heavy atom. The predicted octanol–water partition coefficient (Wildman–Crippen LogP) is 3.18. The SMILES string of the molecule is Clc1ccccc1SC1CCNCC1. The summed E-state index contributed by atoms with van der Waals surface area (Å²) in [6.07, 6.45) is 2.49. The summed E-state index contributed by atoms with van der Waals surface area (Å²) in [6.45, 7) is 2.28. The number of thioether (sulfide) groups is 1. The van der Waals surface area contributed by atoms with E-state index in [-0.39, 0.29) is 0 Å². The summed E-state index contributed by atoms with van der Waals surface area (Å²) in [6, 6.07) is 8.10. The fourth-order valence-electron chi connectivity index (χ4n) is 1.63. The van der Waals surface area contributed by atoms with Crippen LogP contribution in [0, 0.1) is 0 Å². The van der Waals surface area contributed by atoms with Gasteiger partial charge in [0, 0.05) is 10.1 Å². The van der Waals surface area contributed by atoms with Gasteiger partial charge in [0.15, 0.2) is 0 Å². The van der Waals surface area contributed by atoms with E-state index in [0.717, 1.165) is 23.4 Å². The van der Waals surface area contributed by atoms with Crippen LogP contribution in [0.5, 0.6) is 0 Å². The van der Waals surface area contributed by atoms with Gasteiger partial charge in [-0.15, -0.1) is 11.8 Å². The second kappa shape index (κ2) is 5.06. The maximum Gasteiger partial charge on any atom is 0.0541 e. The van der Waals surface area contributed by atoms with E-state index in [1.807, 2.05) is 23.9 Å². The summed E-state index contributed by atoms with van der Waals surface area (Å²) < 4.78 is 0. The second-order valence-electron chi connectivity index (χ2n) is 3.50. The summed E-state index contributed by atoms with van der Waals surface area (Å²) in [5, 5.41) is 4.99. The Morgan fingerprint density at radius 1 is 1.21 bits per heavy atom. The molecule has 76 valence electrons. The number of halogens is 1. The molecule has 0 bridgehead atoms. The van der Waals surface area contributed by atoms with Crippen LogP contribution >= 0.6 is 23.4 Å². The van der Waals surface area contributed by atoms with Crippen LogP contribution in [0.2, 0.25) is 5.02 Å². The Kier molecular flexibility index (Phi) is 3.74. The first kappa shape index (κ1) is 10.3. The first-order valence-corrected chi connectivity index (χ1v) is 6.24. The van der Waals surface area contributed by atoms with Crippen molar-refractivity contribution in [2.24, 2.45) is 0 Å². The second-order valence-corrected chi connectivity index (χ2v) is 5.25. The lowest BCUT2D eigenvalue weighted by molar-refractivity contribution is 0.531. The van der Waals surface area contributed by atoms with Crippen LogP contribution < -0.4 is 5.32 Å². The quantitative estimate of drug-likeness (QED) is 0.833. The summed E-state index contributed by atoms with van der Waals surface area (Å²) in [4.78, 5) is 1.22. The summed E-state index contributed by atoms with van der Waals surface area (Å²) >= 11 is 8.03. The van der Waals surface area contributed by atoms with Gasteiger partial charge >= 0.3 is 0 Å². The van der Waals surface area contributed by atoms with Crippen molar-refractivity contribution in [2.75, 3.05) is 13.1 Å². The first-order chi connectivity index (χ1) is 6.86. The molecular formula is C11H14ClNS. The van der Waals surface area contributed by atoms with E-state index in [9.17, 15) is 0 Å². The maximum absolute atomic E-state index is 6.11. The molecule has 0 radical (unpaired) electrons. The van der Waals surface area contributed by atoms with E-state index in [4.69, 9.17) is 11.6 Å². The van der Waals surface area contributed by atoms with Gasteiger partial charge in [-0.25, -0.2) is 0 Å². The highest BCUT2D eigenvalue weighted by Crippen LogP contribution is 2.33. The molecule has 0 unspecified atom stereocenters. The van der Waals surface area contributed by atoms with Crippen LogP contribution in [-0.4, -0.2) is 18.3 Å². The Balaban J connectivity index is 1.99. The molecule has 1 aromatic rings. The van der Waals surface area contributed by atoms with Crippen molar-refractivity contribution < 1.29 is 0 Å². The minimum Gasteiger partial charge on any atom is -0.317 e. The van der Waals surface area contributed by atoms with E-state index in [1.54, 1.807) is 0 Å². The monoisotopic (exact) mass is 227 g/mol. The first-order valence-electron chi connectivity index (χ1n) is 4.98. The van der Waals surface area contributed by atoms with E-state index in [0.29, 0.717) is 0 Å². The van der Waals surface area contributed by atoms with Crippen molar-refractivity contribution in [3.63, 3.8) is 0 Å². The molecule has 1 heterocycles. The third-order valence-corrected chi connectivity index (χ3v) is 4.27. The van der Waals surface area contributed by atoms with Crippen LogP contribution in [-0.2, 0) is 0 Å². The smallest absolute Gasteiger partial charge is 0.0541 e. The molecule has 1 aliphatic rings. The number of rotatable bonds is 2. The number of hydrogen-bond donors (Lipinski definition) is 1. The van der Waals surface area contributed by atoms with E-state index < -0.39 is 0 Å². The molecule has 3 heteroatoms. The molecule has 1 nitrogen and oxygen atoms in total. The van der Waals surface area contributed by atoms with Gasteiger partial charge in [-0.3, -0.25) is 0 Å². The molecule has 14 heavy (non-hydrogen) atoms. The molecule has 1 aromatic carbocycles. The minimum atomic E-state index is 0.733. The van der Waals surface area contributed by atoms with E-state index >= 15 is 0 Å². The average Bonchev–Trinajstić information content (AvgIpc) is 2.23. The van der Waals surface area contributed by atoms with Crippen LogP contribution in [0.15, 0.2) is 29.2 Å². The molecule has 0 aliphatic carbocycles. The van der Waals surface area contributed by atoms with E-state index in [1.165, 1.54) is 17.7 Å². The van der Waals surface area contributed by atoms with Crippen molar-refractivity contribution in [3.05, 3.63) is 29.3 Å². The van der Waals surface area contributed by atoms with Gasteiger partial charge in [0.05, 0.1) is 5.02 Å². The predicted molar refractivity (Wildman–Crippen MR) is 63.2 cm³/mol. The fourth-order valence-corrected chi connectivity index (χ4v) is 3.07. The standard InChI is InChI=1S/C11H14ClNS/c12-10-3-1-2-4-11(10)14-9-5-7-13-8-6-9/h1-4,9,13H,5-8H2. The lowest BCUT2D eigenvalue weighted by Crippen LogP contribution is -2.29. The molecule has 0 atom stereocenters. The number of hydrogen-bond acceptors (Lipinski definition) is 2. The van der Waals surface area contributed by atoms with Crippen LogP contribution in [0.1, 0.15) is 12.8 Å². The van der Waals surface area contributed by atoms with Crippen molar-refractivity contribution in [1.82, 2.24) is 5.32 Å². The summed E-state index contributed by atoms with van der Waals surface area (Å²) in [5.41, 5.74) is 0. The minimum absolute atomic E-state index is 0.733. The van der Waals surface area contributed by atoms with Crippen molar-refractivity contribution in [1.29, 1.82) is 0 Å². The molecule has 1 aliphatic heterocycles. The van der Waals surface area contributed by atoms with Gasteiger partial charge in [0.2, 0.25) is 0 Å². The number of piperidine rings is 1. The van der Waals surface area contributed by atoms with Crippen LogP contribution in [0.3, 0.4) is 0 Å². The molecule has 1 fully saturated rings. The summed E-state index contributed by atoms with van der Waals surface area (Å²) in [7, 11) is 0. The Morgan fingerprint density at radius 3 is 2.64 bits per heavy atom. The maximum atomic E-state index is 6.11. The third kappa shape index (κ3) is 2.66. The zero-order valence-corrected chi connectivity index (χ0v) is 9.57. The van der Waals surface area contributed by atoms with Gasteiger partial charge in [0.1, 0.15) is 0 Å². The van der Waals surface area contributed by atoms with Gasteiger partial charge in [0.25, 0.3) is 0 Å². The van der Waals surface area contributed by atoms with Gasteiger partial charge in [-0.1, -0.05) is 23.7 Å². The lowest BCUT2D eigenvalue weighted by atomic mass is 10.2. The largest absolute Gasteiger partial charge is 0.317 e. The summed E-state index contributed by atoms with van der Waals surface area (Å²) in [5.74, 6) is 0. The van der Waals surface area contributed by atoms with Crippen molar-refractivity contribution >= 4 is 23.4 Å². The van der Waals surface area contributed by atoms with Crippen molar-refractivity contribution in [3.8, 4) is 0 Å². The average molecular weight is 228 g/mol. The van der Waals surface area contributed by atoms with Gasteiger partial charge in [-0.05, 0) is 38.1 Å². The van der Waals surface area contributed by atoms with Crippen molar-refractivity contribution in [2.45, 2.75) is 23.0 Å². The fraction of sp³-hybridized carbons (Fsp3) is 0.455. The highest BCUT2D eigenvalue weighted by Gasteiger charge is 2.14.